The van der Waals surface area contributed by atoms with E-state index in [0.29, 0.717) is 23.9 Å². The number of fused-ring (bicyclic) bond motifs is 1. The second-order valence-corrected chi connectivity index (χ2v) is 6.66. The molecule has 0 saturated carbocycles. The number of rotatable bonds is 5. The van der Waals surface area contributed by atoms with Crippen molar-refractivity contribution in [3.63, 3.8) is 0 Å². The van der Waals surface area contributed by atoms with Crippen LogP contribution in [0.15, 0.2) is 83.8 Å². The molecular weight excluding hydrogens is 353 g/mol. The van der Waals surface area contributed by atoms with Gasteiger partial charge in [0.15, 0.2) is 0 Å². The van der Waals surface area contributed by atoms with Crippen LogP contribution in [0, 0.1) is 5.82 Å². The molecule has 0 radical (unpaired) electrons. The first-order chi connectivity index (χ1) is 13.7. The maximum Gasteiger partial charge on any atom is 0.258 e. The van der Waals surface area contributed by atoms with Gasteiger partial charge in [-0.25, -0.2) is 4.39 Å². The van der Waals surface area contributed by atoms with Crippen LogP contribution in [0.1, 0.15) is 5.56 Å². The van der Waals surface area contributed by atoms with Gasteiger partial charge in [-0.15, -0.1) is 0 Å². The Bertz CT molecular complexity index is 1200. The van der Waals surface area contributed by atoms with Crippen molar-refractivity contribution < 1.29 is 9.13 Å². The van der Waals surface area contributed by atoms with Crippen molar-refractivity contribution in [1.29, 1.82) is 0 Å². The lowest BCUT2D eigenvalue weighted by Gasteiger charge is -2.11. The molecule has 0 aliphatic rings. The van der Waals surface area contributed by atoms with E-state index in [0.717, 1.165) is 22.3 Å². The fourth-order valence-corrected chi connectivity index (χ4v) is 3.46. The first-order valence-electron chi connectivity index (χ1n) is 9.17. The quantitative estimate of drug-likeness (QED) is 0.490. The van der Waals surface area contributed by atoms with Crippen molar-refractivity contribution in [3.8, 4) is 16.9 Å². The van der Waals surface area contributed by atoms with Gasteiger partial charge < -0.3 is 9.30 Å². The van der Waals surface area contributed by atoms with Crippen molar-refractivity contribution >= 4 is 10.8 Å². The minimum atomic E-state index is -0.238. The van der Waals surface area contributed by atoms with Gasteiger partial charge in [0.25, 0.3) is 5.56 Å². The van der Waals surface area contributed by atoms with Gasteiger partial charge >= 0.3 is 0 Å². The number of para-hydroxylation sites is 1. The minimum Gasteiger partial charge on any atom is -0.496 e. The second-order valence-electron chi connectivity index (χ2n) is 6.66. The van der Waals surface area contributed by atoms with Gasteiger partial charge in [0, 0.05) is 23.7 Å². The smallest absolute Gasteiger partial charge is 0.258 e. The third-order valence-corrected chi connectivity index (χ3v) is 4.97. The van der Waals surface area contributed by atoms with Gasteiger partial charge in [0.05, 0.1) is 7.11 Å². The fraction of sp³-hybridized carbons (Fsp3) is 0.125. The molecule has 0 aliphatic carbocycles. The number of hydrogen-bond donors (Lipinski definition) is 0. The molecular formula is C24H20FNO2. The van der Waals surface area contributed by atoms with E-state index in [2.05, 4.69) is 0 Å². The highest BCUT2D eigenvalue weighted by Gasteiger charge is 2.09. The molecule has 140 valence electrons. The molecule has 0 fully saturated rings. The first kappa shape index (κ1) is 18.0. The Morgan fingerprint density at radius 3 is 2.57 bits per heavy atom. The van der Waals surface area contributed by atoms with Crippen LogP contribution in [0.25, 0.3) is 21.9 Å². The minimum absolute atomic E-state index is 0.0691. The maximum absolute atomic E-state index is 13.8. The summed E-state index contributed by atoms with van der Waals surface area (Å²) in [5.74, 6) is 0.554. The number of hydrogen-bond acceptors (Lipinski definition) is 2. The van der Waals surface area contributed by atoms with E-state index in [1.165, 1.54) is 6.07 Å². The average molecular weight is 373 g/mol. The molecule has 0 amide bonds. The molecule has 0 unspecified atom stereocenters. The molecule has 0 atom stereocenters. The summed E-state index contributed by atoms with van der Waals surface area (Å²) in [5.41, 5.74) is 2.52. The van der Waals surface area contributed by atoms with Gasteiger partial charge in [-0.2, -0.15) is 0 Å². The molecule has 4 rings (SSSR count). The van der Waals surface area contributed by atoms with Crippen molar-refractivity contribution in [2.45, 2.75) is 13.0 Å². The second kappa shape index (κ2) is 7.69. The van der Waals surface area contributed by atoms with Crippen molar-refractivity contribution in [2.24, 2.45) is 0 Å². The Morgan fingerprint density at radius 2 is 1.75 bits per heavy atom. The van der Waals surface area contributed by atoms with Crippen LogP contribution in [0.5, 0.6) is 5.75 Å². The molecule has 1 heterocycles. The van der Waals surface area contributed by atoms with Gasteiger partial charge in [0.1, 0.15) is 11.6 Å². The van der Waals surface area contributed by atoms with Crippen LogP contribution in [0.2, 0.25) is 0 Å². The lowest BCUT2D eigenvalue weighted by Crippen LogP contribution is -2.20. The lowest BCUT2D eigenvalue weighted by molar-refractivity contribution is 0.416. The van der Waals surface area contributed by atoms with Crippen LogP contribution in [-0.2, 0) is 13.0 Å². The maximum atomic E-state index is 13.8. The third kappa shape index (κ3) is 3.41. The highest BCUT2D eigenvalue weighted by Crippen LogP contribution is 2.31. The monoisotopic (exact) mass is 373 g/mol. The lowest BCUT2D eigenvalue weighted by atomic mass is 10.0. The van der Waals surface area contributed by atoms with E-state index in [9.17, 15) is 9.18 Å². The Kier molecular flexibility index (Phi) is 4.94. The number of aromatic nitrogens is 1. The SMILES string of the molecule is COc1ccccc1-c1ccc2c(=O)n(CCc3ccccc3F)ccc2c1. The van der Waals surface area contributed by atoms with E-state index >= 15 is 0 Å². The summed E-state index contributed by atoms with van der Waals surface area (Å²) in [6.45, 7) is 0.434. The molecule has 0 saturated heterocycles. The van der Waals surface area contributed by atoms with Gasteiger partial charge in [-0.05, 0) is 53.3 Å². The molecule has 4 heteroatoms. The molecule has 0 N–H and O–H groups in total. The number of pyridine rings is 1. The van der Waals surface area contributed by atoms with Crippen molar-refractivity contribution in [2.75, 3.05) is 7.11 Å². The molecule has 3 aromatic carbocycles. The Morgan fingerprint density at radius 1 is 0.964 bits per heavy atom. The Labute approximate surface area is 162 Å². The van der Waals surface area contributed by atoms with E-state index in [4.69, 9.17) is 4.74 Å². The molecule has 1 aromatic heterocycles. The zero-order valence-electron chi connectivity index (χ0n) is 15.6. The van der Waals surface area contributed by atoms with Crippen molar-refractivity contribution in [3.05, 3.63) is 101 Å². The number of ether oxygens (including phenoxy) is 1. The third-order valence-electron chi connectivity index (χ3n) is 4.97. The van der Waals surface area contributed by atoms with E-state index in [1.54, 1.807) is 36.1 Å². The van der Waals surface area contributed by atoms with E-state index in [1.807, 2.05) is 48.5 Å². The summed E-state index contributed by atoms with van der Waals surface area (Å²) in [6.07, 6.45) is 2.24. The molecule has 4 aromatic rings. The van der Waals surface area contributed by atoms with Crippen LogP contribution < -0.4 is 10.3 Å². The number of nitrogens with zero attached hydrogens (tertiary/aromatic N) is 1. The van der Waals surface area contributed by atoms with Crippen LogP contribution in [0.3, 0.4) is 0 Å². The van der Waals surface area contributed by atoms with Crippen molar-refractivity contribution in [1.82, 2.24) is 4.57 Å². The molecule has 0 aliphatic heterocycles. The normalized spacial score (nSPS) is 10.9. The predicted octanol–water partition coefficient (Wildman–Crippen LogP) is 5.06. The highest BCUT2D eigenvalue weighted by molar-refractivity contribution is 5.87. The molecule has 3 nitrogen and oxygen atoms in total. The Balaban J connectivity index is 1.67. The molecule has 0 bridgehead atoms. The zero-order chi connectivity index (χ0) is 19.5. The number of methoxy groups -OCH3 is 1. The van der Waals surface area contributed by atoms with Crippen LogP contribution in [-0.4, -0.2) is 11.7 Å². The summed E-state index contributed by atoms with van der Waals surface area (Å²) in [6, 6.07) is 22.2. The summed E-state index contributed by atoms with van der Waals surface area (Å²) in [7, 11) is 1.65. The van der Waals surface area contributed by atoms with Gasteiger partial charge in [-0.3, -0.25) is 4.79 Å². The molecule has 28 heavy (non-hydrogen) atoms. The topological polar surface area (TPSA) is 31.2 Å². The average Bonchev–Trinajstić information content (AvgIpc) is 2.74. The Hall–Kier alpha value is -3.40. The first-order valence-corrected chi connectivity index (χ1v) is 9.17. The fourth-order valence-electron chi connectivity index (χ4n) is 3.46. The van der Waals surface area contributed by atoms with Gasteiger partial charge in [-0.1, -0.05) is 42.5 Å². The predicted molar refractivity (Wildman–Crippen MR) is 110 cm³/mol. The van der Waals surface area contributed by atoms with E-state index < -0.39 is 0 Å². The summed E-state index contributed by atoms with van der Waals surface area (Å²) < 4.78 is 20.9. The summed E-state index contributed by atoms with van der Waals surface area (Å²) in [5, 5.41) is 1.52. The molecule has 0 spiro atoms. The zero-order valence-corrected chi connectivity index (χ0v) is 15.6. The van der Waals surface area contributed by atoms with Crippen LogP contribution in [0.4, 0.5) is 4.39 Å². The largest absolute Gasteiger partial charge is 0.496 e. The van der Waals surface area contributed by atoms with Crippen LogP contribution >= 0.6 is 0 Å². The number of aryl methyl sites for hydroxylation is 2. The standard InChI is InChI=1S/C24H20FNO2/c1-28-23-9-5-3-7-20(23)18-10-11-21-19(16-18)13-15-26(24(21)27)14-12-17-6-2-4-8-22(17)25/h2-11,13,15-16H,12,14H2,1H3. The summed E-state index contributed by atoms with van der Waals surface area (Å²) >= 11 is 0. The summed E-state index contributed by atoms with van der Waals surface area (Å²) in [4.78, 5) is 12.9. The van der Waals surface area contributed by atoms with Gasteiger partial charge in [0.2, 0.25) is 0 Å². The number of benzene rings is 3. The highest BCUT2D eigenvalue weighted by atomic mass is 19.1. The number of halogens is 1. The van der Waals surface area contributed by atoms with E-state index in [-0.39, 0.29) is 11.4 Å².